The molecule has 1 heterocycles. The Kier molecular flexibility index (Phi) is 5.81. The van der Waals surface area contributed by atoms with Gasteiger partial charge in [-0.3, -0.25) is 14.9 Å². The monoisotopic (exact) mass is 402 g/mol. The SMILES string of the molecule is COc1cc(C(=O)NCc2ccco2)ccc1Oc1ccc(Cl)cc1[N+](=O)[O-]. The first kappa shape index (κ1) is 19.2. The van der Waals surface area contributed by atoms with Crippen molar-refractivity contribution in [1.82, 2.24) is 5.32 Å². The number of furan rings is 1. The molecule has 144 valence electrons. The van der Waals surface area contributed by atoms with Crippen LogP contribution in [0.4, 0.5) is 5.69 Å². The standard InChI is InChI=1S/C19H15ClN2O6/c1-26-18-9-12(19(23)21-11-14-3-2-8-27-14)4-6-17(18)28-16-7-5-13(20)10-15(16)22(24)25/h2-10H,11H2,1H3,(H,21,23). The molecule has 2 aromatic carbocycles. The van der Waals surface area contributed by atoms with Gasteiger partial charge in [-0.1, -0.05) is 11.6 Å². The number of halogens is 1. The molecule has 0 fully saturated rings. The van der Waals surface area contributed by atoms with Crippen LogP contribution in [0.1, 0.15) is 16.1 Å². The molecule has 9 heteroatoms. The van der Waals surface area contributed by atoms with Gasteiger partial charge in [0.1, 0.15) is 5.76 Å². The topological polar surface area (TPSA) is 104 Å². The predicted molar refractivity (Wildman–Crippen MR) is 101 cm³/mol. The number of methoxy groups -OCH3 is 1. The summed E-state index contributed by atoms with van der Waals surface area (Å²) in [5.74, 6) is 0.752. The van der Waals surface area contributed by atoms with Gasteiger partial charge in [0.2, 0.25) is 5.75 Å². The second-order valence-corrected chi connectivity index (χ2v) is 6.04. The van der Waals surface area contributed by atoms with Crippen molar-refractivity contribution < 1.29 is 23.6 Å². The van der Waals surface area contributed by atoms with Crippen LogP contribution in [0.2, 0.25) is 5.02 Å². The smallest absolute Gasteiger partial charge is 0.313 e. The van der Waals surface area contributed by atoms with Crippen LogP contribution in [-0.4, -0.2) is 17.9 Å². The number of carbonyl (C=O) groups excluding carboxylic acids is 1. The molecular weight excluding hydrogens is 388 g/mol. The molecule has 1 amide bonds. The van der Waals surface area contributed by atoms with Crippen molar-refractivity contribution >= 4 is 23.2 Å². The lowest BCUT2D eigenvalue weighted by molar-refractivity contribution is -0.385. The predicted octanol–water partition coefficient (Wildman–Crippen LogP) is 4.57. The Morgan fingerprint density at radius 2 is 1.96 bits per heavy atom. The van der Waals surface area contributed by atoms with Crippen LogP contribution >= 0.6 is 11.6 Å². The summed E-state index contributed by atoms with van der Waals surface area (Å²) in [4.78, 5) is 22.9. The first-order valence-electron chi connectivity index (χ1n) is 8.08. The van der Waals surface area contributed by atoms with Crippen molar-refractivity contribution in [3.63, 3.8) is 0 Å². The van der Waals surface area contributed by atoms with E-state index in [4.69, 9.17) is 25.5 Å². The molecule has 0 bridgehead atoms. The van der Waals surface area contributed by atoms with Gasteiger partial charge in [-0.2, -0.15) is 0 Å². The molecule has 8 nitrogen and oxygen atoms in total. The van der Waals surface area contributed by atoms with Gasteiger partial charge in [-0.05, 0) is 42.5 Å². The molecule has 3 rings (SSSR count). The Bertz CT molecular complexity index is 1000. The maximum atomic E-state index is 12.3. The fourth-order valence-corrected chi connectivity index (χ4v) is 2.58. The molecule has 0 saturated carbocycles. The second-order valence-electron chi connectivity index (χ2n) is 5.60. The maximum absolute atomic E-state index is 12.3. The van der Waals surface area contributed by atoms with Crippen molar-refractivity contribution in [2.24, 2.45) is 0 Å². The van der Waals surface area contributed by atoms with Crippen LogP contribution in [0.15, 0.2) is 59.2 Å². The third-order valence-corrected chi connectivity index (χ3v) is 4.00. The highest BCUT2D eigenvalue weighted by Crippen LogP contribution is 2.37. The van der Waals surface area contributed by atoms with E-state index in [-0.39, 0.29) is 40.4 Å². The van der Waals surface area contributed by atoms with Gasteiger partial charge >= 0.3 is 5.69 Å². The van der Waals surface area contributed by atoms with E-state index in [1.165, 1.54) is 49.8 Å². The Labute approximate surface area is 164 Å². The number of benzene rings is 2. The number of nitro benzene ring substituents is 1. The number of nitrogens with zero attached hydrogens (tertiary/aromatic N) is 1. The van der Waals surface area contributed by atoms with E-state index >= 15 is 0 Å². The van der Waals surface area contributed by atoms with Crippen LogP contribution < -0.4 is 14.8 Å². The molecule has 0 spiro atoms. The van der Waals surface area contributed by atoms with Crippen molar-refractivity contribution in [3.05, 3.63) is 81.3 Å². The van der Waals surface area contributed by atoms with E-state index < -0.39 is 4.92 Å². The molecule has 0 aliphatic rings. The highest BCUT2D eigenvalue weighted by Gasteiger charge is 2.19. The number of ether oxygens (including phenoxy) is 2. The van der Waals surface area contributed by atoms with E-state index in [0.717, 1.165) is 0 Å². The summed E-state index contributed by atoms with van der Waals surface area (Å²) in [6.07, 6.45) is 1.52. The van der Waals surface area contributed by atoms with Gasteiger partial charge in [0.25, 0.3) is 5.91 Å². The minimum Gasteiger partial charge on any atom is -0.493 e. The molecule has 3 aromatic rings. The number of rotatable bonds is 7. The van der Waals surface area contributed by atoms with E-state index in [1.807, 2.05) is 0 Å². The molecule has 1 aromatic heterocycles. The lowest BCUT2D eigenvalue weighted by Crippen LogP contribution is -2.22. The third kappa shape index (κ3) is 4.41. The summed E-state index contributed by atoms with van der Waals surface area (Å²) in [5.41, 5.74) is 0.0520. The summed E-state index contributed by atoms with van der Waals surface area (Å²) < 4.78 is 16.1. The summed E-state index contributed by atoms with van der Waals surface area (Å²) in [6, 6.07) is 12.0. The molecular formula is C19H15ClN2O6. The number of nitro groups is 1. The minimum atomic E-state index is -0.593. The van der Waals surface area contributed by atoms with Crippen LogP contribution in [0, 0.1) is 10.1 Å². The third-order valence-electron chi connectivity index (χ3n) is 3.77. The molecule has 0 unspecified atom stereocenters. The average Bonchev–Trinajstić information content (AvgIpc) is 3.21. The Hall–Kier alpha value is -3.52. The largest absolute Gasteiger partial charge is 0.493 e. The maximum Gasteiger partial charge on any atom is 0.313 e. The van der Waals surface area contributed by atoms with E-state index in [2.05, 4.69) is 5.32 Å². The fourth-order valence-electron chi connectivity index (χ4n) is 2.41. The highest BCUT2D eigenvalue weighted by atomic mass is 35.5. The lowest BCUT2D eigenvalue weighted by Gasteiger charge is -2.12. The highest BCUT2D eigenvalue weighted by molar-refractivity contribution is 6.30. The number of carbonyl (C=O) groups is 1. The lowest BCUT2D eigenvalue weighted by atomic mass is 10.2. The van der Waals surface area contributed by atoms with E-state index in [1.54, 1.807) is 12.1 Å². The summed E-state index contributed by atoms with van der Waals surface area (Å²) in [5, 5.41) is 14.1. The molecule has 0 radical (unpaired) electrons. The van der Waals surface area contributed by atoms with Gasteiger partial charge in [0, 0.05) is 16.7 Å². The Morgan fingerprint density at radius 1 is 1.18 bits per heavy atom. The van der Waals surface area contributed by atoms with Crippen LogP contribution in [0.25, 0.3) is 0 Å². The average molecular weight is 403 g/mol. The first-order chi connectivity index (χ1) is 13.5. The van der Waals surface area contributed by atoms with E-state index in [9.17, 15) is 14.9 Å². The Morgan fingerprint density at radius 3 is 2.64 bits per heavy atom. The fraction of sp³-hybridized carbons (Fsp3) is 0.105. The number of hydrogen-bond acceptors (Lipinski definition) is 6. The zero-order valence-electron chi connectivity index (χ0n) is 14.7. The molecule has 0 saturated heterocycles. The summed E-state index contributed by atoms with van der Waals surface area (Å²) in [7, 11) is 1.41. The summed E-state index contributed by atoms with van der Waals surface area (Å²) >= 11 is 5.81. The van der Waals surface area contributed by atoms with Gasteiger partial charge in [-0.15, -0.1) is 0 Å². The zero-order chi connectivity index (χ0) is 20.1. The van der Waals surface area contributed by atoms with Crippen LogP contribution in [-0.2, 0) is 6.54 Å². The van der Waals surface area contributed by atoms with Crippen molar-refractivity contribution in [1.29, 1.82) is 0 Å². The van der Waals surface area contributed by atoms with Crippen molar-refractivity contribution in [2.45, 2.75) is 6.54 Å². The van der Waals surface area contributed by atoms with Gasteiger partial charge in [0.05, 0.1) is 24.8 Å². The van der Waals surface area contributed by atoms with Crippen LogP contribution in [0.3, 0.4) is 0 Å². The number of hydrogen-bond donors (Lipinski definition) is 1. The molecule has 0 aliphatic carbocycles. The normalized spacial score (nSPS) is 10.4. The molecule has 1 N–H and O–H groups in total. The minimum absolute atomic E-state index is 0.00252. The van der Waals surface area contributed by atoms with Crippen molar-refractivity contribution in [3.8, 4) is 17.2 Å². The molecule has 28 heavy (non-hydrogen) atoms. The molecule has 0 aliphatic heterocycles. The van der Waals surface area contributed by atoms with Crippen molar-refractivity contribution in [2.75, 3.05) is 7.11 Å². The second kappa shape index (κ2) is 8.45. The number of nitrogens with one attached hydrogen (secondary N) is 1. The van der Waals surface area contributed by atoms with Gasteiger partial charge in [-0.25, -0.2) is 0 Å². The number of amides is 1. The first-order valence-corrected chi connectivity index (χ1v) is 8.46. The zero-order valence-corrected chi connectivity index (χ0v) is 15.4. The van der Waals surface area contributed by atoms with Gasteiger partial charge < -0.3 is 19.2 Å². The molecule has 0 atom stereocenters. The van der Waals surface area contributed by atoms with Crippen LogP contribution in [0.5, 0.6) is 17.2 Å². The Balaban J connectivity index is 1.80. The summed E-state index contributed by atoms with van der Waals surface area (Å²) in [6.45, 7) is 0.239. The quantitative estimate of drug-likeness (QED) is 0.458. The van der Waals surface area contributed by atoms with E-state index in [0.29, 0.717) is 11.3 Å². The van der Waals surface area contributed by atoms with Gasteiger partial charge in [0.15, 0.2) is 11.5 Å².